The number of aliphatic hydroxyl groups is 3. The van der Waals surface area contributed by atoms with Crippen LogP contribution in [0.2, 0.25) is 0 Å². The summed E-state index contributed by atoms with van der Waals surface area (Å²) >= 11 is 0. The normalized spacial score (nSPS) is 11.3. The van der Waals surface area contributed by atoms with Gasteiger partial charge in [0.2, 0.25) is 0 Å². The maximum Gasteiger partial charge on any atom is 0.252 e. The highest BCUT2D eigenvalue weighted by molar-refractivity contribution is 5.97. The van der Waals surface area contributed by atoms with Crippen LogP contribution in [0.1, 0.15) is 15.9 Å². The van der Waals surface area contributed by atoms with Gasteiger partial charge in [-0.2, -0.15) is 0 Å². The molecule has 6 N–H and O–H groups in total. The fourth-order valence-corrected chi connectivity index (χ4v) is 1.46. The lowest BCUT2D eigenvalue weighted by atomic mass is 10.0. The van der Waals surface area contributed by atoms with E-state index in [1.54, 1.807) is 19.1 Å². The van der Waals surface area contributed by atoms with Gasteiger partial charge in [-0.1, -0.05) is 6.07 Å². The Morgan fingerprint density at radius 3 is 2.33 bits per heavy atom. The first-order valence-corrected chi connectivity index (χ1v) is 5.49. The lowest BCUT2D eigenvalue weighted by Gasteiger charge is -2.29. The molecule has 0 saturated carbocycles. The fraction of sp³-hybridized carbons (Fsp3) is 0.417. The predicted octanol–water partition coefficient (Wildman–Crippen LogP) is -0.977. The number of aryl methyl sites for hydroxylation is 1. The third-order valence-corrected chi connectivity index (χ3v) is 2.79. The molecule has 6 heteroatoms. The van der Waals surface area contributed by atoms with Gasteiger partial charge in [0.05, 0.1) is 19.8 Å². The van der Waals surface area contributed by atoms with Crippen molar-refractivity contribution >= 4 is 11.6 Å². The molecule has 0 saturated heterocycles. The van der Waals surface area contributed by atoms with Crippen molar-refractivity contribution in [3.05, 3.63) is 29.3 Å². The second kappa shape index (κ2) is 5.81. The maximum absolute atomic E-state index is 12.0. The summed E-state index contributed by atoms with van der Waals surface area (Å²) in [7, 11) is 0. The van der Waals surface area contributed by atoms with Gasteiger partial charge in [0.25, 0.3) is 5.91 Å². The molecule has 1 rings (SSSR count). The molecular formula is C12H18N2O4. The van der Waals surface area contributed by atoms with Crippen LogP contribution in [0.25, 0.3) is 0 Å². The summed E-state index contributed by atoms with van der Waals surface area (Å²) < 4.78 is 0. The number of carbonyl (C=O) groups is 1. The van der Waals surface area contributed by atoms with Gasteiger partial charge in [0, 0.05) is 11.3 Å². The summed E-state index contributed by atoms with van der Waals surface area (Å²) in [6.45, 7) is 0.0557. The number of nitrogens with two attached hydrogens (primary N) is 1. The number of amides is 1. The van der Waals surface area contributed by atoms with E-state index in [2.05, 4.69) is 5.32 Å². The highest BCUT2D eigenvalue weighted by atomic mass is 16.3. The Morgan fingerprint density at radius 2 is 1.83 bits per heavy atom. The lowest BCUT2D eigenvalue weighted by Crippen LogP contribution is -2.57. The number of nitrogen functional groups attached to an aromatic ring is 1. The zero-order chi connectivity index (χ0) is 13.8. The van der Waals surface area contributed by atoms with Crippen LogP contribution in [0, 0.1) is 6.92 Å². The molecule has 18 heavy (non-hydrogen) atoms. The van der Waals surface area contributed by atoms with Crippen molar-refractivity contribution in [2.24, 2.45) is 0 Å². The molecule has 0 spiro atoms. The molecule has 0 radical (unpaired) electrons. The minimum atomic E-state index is -1.44. The molecule has 0 aliphatic carbocycles. The average Bonchev–Trinajstić information content (AvgIpc) is 2.38. The minimum absolute atomic E-state index is 0.342. The van der Waals surface area contributed by atoms with E-state index < -0.39 is 31.3 Å². The Bertz CT molecular complexity index is 422. The van der Waals surface area contributed by atoms with Crippen LogP contribution in [0.3, 0.4) is 0 Å². The summed E-state index contributed by atoms with van der Waals surface area (Å²) in [5, 5.41) is 29.8. The molecule has 0 heterocycles. The molecule has 1 aromatic rings. The Labute approximate surface area is 105 Å². The Balaban J connectivity index is 2.97. The zero-order valence-electron chi connectivity index (χ0n) is 10.2. The highest BCUT2D eigenvalue weighted by Crippen LogP contribution is 2.14. The molecule has 0 aliphatic heterocycles. The summed E-state index contributed by atoms with van der Waals surface area (Å²) in [4.78, 5) is 12.0. The summed E-state index contributed by atoms with van der Waals surface area (Å²) in [5.41, 5.74) is 5.66. The van der Waals surface area contributed by atoms with E-state index in [4.69, 9.17) is 21.1 Å². The van der Waals surface area contributed by atoms with Crippen molar-refractivity contribution in [3.63, 3.8) is 0 Å². The monoisotopic (exact) mass is 254 g/mol. The van der Waals surface area contributed by atoms with Gasteiger partial charge >= 0.3 is 0 Å². The first kappa shape index (κ1) is 14.4. The first-order chi connectivity index (χ1) is 8.48. The Kier molecular flexibility index (Phi) is 4.66. The van der Waals surface area contributed by atoms with E-state index in [1.165, 1.54) is 6.07 Å². The number of carbonyl (C=O) groups excluding carboxylic acids is 1. The molecular weight excluding hydrogens is 236 g/mol. The maximum atomic E-state index is 12.0. The summed E-state index contributed by atoms with van der Waals surface area (Å²) in [6.07, 6.45) is 0. The number of hydrogen-bond donors (Lipinski definition) is 5. The van der Waals surface area contributed by atoms with Gasteiger partial charge in [-0.3, -0.25) is 4.79 Å². The van der Waals surface area contributed by atoms with Crippen LogP contribution >= 0.6 is 0 Å². The second-order valence-corrected chi connectivity index (χ2v) is 4.28. The molecule has 0 atom stereocenters. The second-order valence-electron chi connectivity index (χ2n) is 4.28. The smallest absolute Gasteiger partial charge is 0.252 e. The minimum Gasteiger partial charge on any atom is -0.399 e. The summed E-state index contributed by atoms with van der Waals surface area (Å²) in [5.74, 6) is -0.503. The lowest BCUT2D eigenvalue weighted by molar-refractivity contribution is 0.0375. The van der Waals surface area contributed by atoms with Crippen LogP contribution < -0.4 is 11.1 Å². The SMILES string of the molecule is Cc1ccc(N)cc1C(=O)NC(CO)(CO)CO. The van der Waals surface area contributed by atoms with Gasteiger partial charge < -0.3 is 26.4 Å². The summed E-state index contributed by atoms with van der Waals surface area (Å²) in [6, 6.07) is 4.87. The molecule has 0 aromatic heterocycles. The van der Waals surface area contributed by atoms with Crippen molar-refractivity contribution in [2.45, 2.75) is 12.5 Å². The van der Waals surface area contributed by atoms with E-state index in [1.807, 2.05) is 0 Å². The zero-order valence-corrected chi connectivity index (χ0v) is 10.2. The van der Waals surface area contributed by atoms with Gasteiger partial charge in [-0.05, 0) is 24.6 Å². The van der Waals surface area contributed by atoms with Gasteiger partial charge in [0.1, 0.15) is 5.54 Å². The Hall–Kier alpha value is -1.63. The van der Waals surface area contributed by atoms with E-state index in [0.29, 0.717) is 16.8 Å². The number of rotatable bonds is 5. The van der Waals surface area contributed by atoms with Crippen LogP contribution in [-0.4, -0.2) is 46.6 Å². The number of nitrogens with one attached hydrogen (secondary N) is 1. The molecule has 1 amide bonds. The van der Waals surface area contributed by atoms with Crippen LogP contribution in [0.5, 0.6) is 0 Å². The van der Waals surface area contributed by atoms with Crippen molar-refractivity contribution in [1.29, 1.82) is 0 Å². The molecule has 0 aliphatic rings. The van der Waals surface area contributed by atoms with E-state index >= 15 is 0 Å². The molecule has 100 valence electrons. The number of hydrogen-bond acceptors (Lipinski definition) is 5. The standard InChI is InChI=1S/C12H18N2O4/c1-8-2-3-9(13)4-10(8)11(18)14-12(5-15,6-16)7-17/h2-4,15-17H,5-7,13H2,1H3,(H,14,18). The number of aliphatic hydroxyl groups excluding tert-OH is 3. The van der Waals surface area contributed by atoms with E-state index in [0.717, 1.165) is 0 Å². The van der Waals surface area contributed by atoms with Gasteiger partial charge in [0.15, 0.2) is 0 Å². The highest BCUT2D eigenvalue weighted by Gasteiger charge is 2.30. The average molecular weight is 254 g/mol. The van der Waals surface area contributed by atoms with Gasteiger partial charge in [-0.25, -0.2) is 0 Å². The Morgan fingerprint density at radius 1 is 1.28 bits per heavy atom. The fourth-order valence-electron chi connectivity index (χ4n) is 1.46. The topological polar surface area (TPSA) is 116 Å². The van der Waals surface area contributed by atoms with E-state index in [9.17, 15) is 4.79 Å². The molecule has 0 fully saturated rings. The molecule has 0 unspecified atom stereocenters. The van der Waals surface area contributed by atoms with Crippen molar-refractivity contribution in [1.82, 2.24) is 5.32 Å². The van der Waals surface area contributed by atoms with Crippen molar-refractivity contribution in [3.8, 4) is 0 Å². The van der Waals surface area contributed by atoms with Crippen LogP contribution in [-0.2, 0) is 0 Å². The first-order valence-electron chi connectivity index (χ1n) is 5.49. The molecule has 0 bridgehead atoms. The van der Waals surface area contributed by atoms with Crippen LogP contribution in [0.15, 0.2) is 18.2 Å². The van der Waals surface area contributed by atoms with Gasteiger partial charge in [-0.15, -0.1) is 0 Å². The quantitative estimate of drug-likeness (QED) is 0.433. The molecule has 6 nitrogen and oxygen atoms in total. The van der Waals surface area contributed by atoms with Crippen LogP contribution in [0.4, 0.5) is 5.69 Å². The third-order valence-electron chi connectivity index (χ3n) is 2.79. The predicted molar refractivity (Wildman–Crippen MR) is 67.0 cm³/mol. The molecule has 1 aromatic carbocycles. The van der Waals surface area contributed by atoms with Crippen molar-refractivity contribution < 1.29 is 20.1 Å². The third kappa shape index (κ3) is 2.98. The number of benzene rings is 1. The van der Waals surface area contributed by atoms with E-state index in [-0.39, 0.29) is 0 Å². The largest absolute Gasteiger partial charge is 0.399 e. The number of anilines is 1. The van der Waals surface area contributed by atoms with Crippen molar-refractivity contribution in [2.75, 3.05) is 25.6 Å².